The summed E-state index contributed by atoms with van der Waals surface area (Å²) in [6.07, 6.45) is 3.97. The van der Waals surface area contributed by atoms with Crippen molar-refractivity contribution in [3.8, 4) is 0 Å². The smallest absolute Gasteiger partial charge is 0.160 e. The lowest BCUT2D eigenvalue weighted by Gasteiger charge is -2.32. The number of nitrogen functional groups attached to an aromatic ring is 1. The van der Waals surface area contributed by atoms with E-state index in [9.17, 15) is 0 Å². The van der Waals surface area contributed by atoms with Gasteiger partial charge in [0.1, 0.15) is 0 Å². The van der Waals surface area contributed by atoms with Crippen molar-refractivity contribution in [2.75, 3.05) is 39.0 Å². The maximum absolute atomic E-state index is 5.92. The first kappa shape index (κ1) is 11.5. The van der Waals surface area contributed by atoms with Crippen molar-refractivity contribution in [2.24, 2.45) is 0 Å². The van der Waals surface area contributed by atoms with Crippen LogP contribution in [0.15, 0.2) is 24.5 Å². The number of nitrogens with two attached hydrogens (primary N) is 1. The first-order valence-corrected chi connectivity index (χ1v) is 6.35. The summed E-state index contributed by atoms with van der Waals surface area (Å²) in [6.45, 7) is 5.45. The van der Waals surface area contributed by atoms with Crippen molar-refractivity contribution in [1.82, 2.24) is 19.2 Å². The molecule has 1 aliphatic heterocycles. The van der Waals surface area contributed by atoms with Crippen LogP contribution < -0.4 is 5.73 Å². The van der Waals surface area contributed by atoms with Gasteiger partial charge in [0.2, 0.25) is 0 Å². The molecule has 1 saturated heterocycles. The van der Waals surface area contributed by atoms with E-state index in [1.165, 1.54) is 5.69 Å². The highest BCUT2D eigenvalue weighted by Gasteiger charge is 2.15. The number of hydrogen-bond donors (Lipinski definition) is 1. The number of nitrogens with zero attached hydrogens (tertiary/aromatic N) is 4. The van der Waals surface area contributed by atoms with Gasteiger partial charge in [-0.05, 0) is 19.2 Å². The maximum atomic E-state index is 5.92. The third-order valence-electron chi connectivity index (χ3n) is 3.62. The molecule has 5 heteroatoms. The minimum Gasteiger partial charge on any atom is -0.396 e. The van der Waals surface area contributed by atoms with Gasteiger partial charge in [0, 0.05) is 38.9 Å². The van der Waals surface area contributed by atoms with Crippen molar-refractivity contribution < 1.29 is 0 Å². The first-order valence-electron chi connectivity index (χ1n) is 6.35. The second-order valence-corrected chi connectivity index (χ2v) is 4.99. The van der Waals surface area contributed by atoms with Crippen molar-refractivity contribution in [3.05, 3.63) is 30.2 Å². The Bertz CT molecular complexity index is 539. The van der Waals surface area contributed by atoms with Crippen molar-refractivity contribution in [3.63, 3.8) is 0 Å². The number of anilines is 1. The highest BCUT2D eigenvalue weighted by Crippen LogP contribution is 2.15. The number of aromatic nitrogens is 2. The quantitative estimate of drug-likeness (QED) is 0.844. The topological polar surface area (TPSA) is 49.8 Å². The zero-order valence-electron chi connectivity index (χ0n) is 10.7. The average Bonchev–Trinajstić information content (AvgIpc) is 2.77. The zero-order chi connectivity index (χ0) is 12.5. The van der Waals surface area contributed by atoms with E-state index in [2.05, 4.69) is 26.2 Å². The molecule has 3 heterocycles. The van der Waals surface area contributed by atoms with Crippen LogP contribution in [0.3, 0.4) is 0 Å². The first-order chi connectivity index (χ1) is 8.74. The van der Waals surface area contributed by atoms with E-state index in [-0.39, 0.29) is 0 Å². The standard InChI is InChI=1S/C13H19N5/c1-16-5-7-17(8-6-16)10-11-9-15-13-12(14)3-2-4-18(11)13/h2-4,9H,5-8,10,14H2,1H3. The molecule has 2 aromatic heterocycles. The van der Waals surface area contributed by atoms with Gasteiger partial charge in [-0.15, -0.1) is 0 Å². The van der Waals surface area contributed by atoms with E-state index in [0.717, 1.165) is 44.1 Å². The predicted octanol–water partition coefficient (Wildman–Crippen LogP) is 0.664. The van der Waals surface area contributed by atoms with Crippen molar-refractivity contribution >= 4 is 11.3 Å². The molecule has 0 amide bonds. The normalized spacial score (nSPS) is 18.5. The third-order valence-corrected chi connectivity index (χ3v) is 3.62. The fourth-order valence-electron chi connectivity index (χ4n) is 2.44. The molecule has 0 atom stereocenters. The zero-order valence-corrected chi connectivity index (χ0v) is 10.7. The Morgan fingerprint density at radius 1 is 1.28 bits per heavy atom. The molecule has 1 aliphatic rings. The summed E-state index contributed by atoms with van der Waals surface area (Å²) < 4.78 is 2.09. The largest absolute Gasteiger partial charge is 0.396 e. The lowest BCUT2D eigenvalue weighted by atomic mass is 10.3. The monoisotopic (exact) mass is 245 g/mol. The summed E-state index contributed by atoms with van der Waals surface area (Å²) in [6, 6.07) is 3.86. The minimum atomic E-state index is 0.738. The van der Waals surface area contributed by atoms with E-state index < -0.39 is 0 Å². The molecule has 0 bridgehead atoms. The van der Waals surface area contributed by atoms with Crippen LogP contribution >= 0.6 is 0 Å². The highest BCUT2D eigenvalue weighted by molar-refractivity contribution is 5.64. The van der Waals surface area contributed by atoms with Crippen LogP contribution in [0.2, 0.25) is 0 Å². The molecule has 0 aromatic carbocycles. The molecule has 1 fully saturated rings. The SMILES string of the molecule is CN1CCN(Cc2cnc3c(N)cccn23)CC1. The molecule has 0 aliphatic carbocycles. The van der Waals surface area contributed by atoms with Crippen LogP contribution in [0.25, 0.3) is 5.65 Å². The second kappa shape index (κ2) is 4.59. The Kier molecular flexibility index (Phi) is 2.93. The van der Waals surface area contributed by atoms with Gasteiger partial charge in [0.25, 0.3) is 0 Å². The van der Waals surface area contributed by atoms with Crippen molar-refractivity contribution in [2.45, 2.75) is 6.54 Å². The maximum Gasteiger partial charge on any atom is 0.160 e. The Hall–Kier alpha value is -1.59. The van der Waals surface area contributed by atoms with Gasteiger partial charge in [-0.1, -0.05) is 0 Å². The van der Waals surface area contributed by atoms with Gasteiger partial charge >= 0.3 is 0 Å². The molecular weight excluding hydrogens is 226 g/mol. The molecule has 5 nitrogen and oxygen atoms in total. The highest BCUT2D eigenvalue weighted by atomic mass is 15.3. The Labute approximate surface area is 107 Å². The number of hydrogen-bond acceptors (Lipinski definition) is 4. The minimum absolute atomic E-state index is 0.738. The van der Waals surface area contributed by atoms with E-state index in [1.54, 1.807) is 0 Å². The molecule has 18 heavy (non-hydrogen) atoms. The van der Waals surface area contributed by atoms with E-state index in [1.807, 2.05) is 24.5 Å². The summed E-state index contributed by atoms with van der Waals surface area (Å²) in [7, 11) is 2.17. The molecule has 96 valence electrons. The Morgan fingerprint density at radius 3 is 2.83 bits per heavy atom. The average molecular weight is 245 g/mol. The summed E-state index contributed by atoms with van der Waals surface area (Å²) in [5.74, 6) is 0. The fraction of sp³-hybridized carbons (Fsp3) is 0.462. The third kappa shape index (κ3) is 2.07. The lowest BCUT2D eigenvalue weighted by molar-refractivity contribution is 0.146. The van der Waals surface area contributed by atoms with Gasteiger partial charge in [0.05, 0.1) is 17.6 Å². The van der Waals surface area contributed by atoms with E-state index in [4.69, 9.17) is 5.73 Å². The van der Waals surface area contributed by atoms with Crippen LogP contribution in [0.4, 0.5) is 5.69 Å². The molecule has 0 saturated carbocycles. The predicted molar refractivity (Wildman–Crippen MR) is 72.4 cm³/mol. The number of rotatable bonds is 2. The van der Waals surface area contributed by atoms with Crippen LogP contribution in [0.1, 0.15) is 5.69 Å². The Balaban J connectivity index is 1.81. The summed E-state index contributed by atoms with van der Waals surface area (Å²) in [5.41, 5.74) is 8.73. The molecule has 0 spiro atoms. The van der Waals surface area contributed by atoms with Crippen LogP contribution in [0.5, 0.6) is 0 Å². The summed E-state index contributed by atoms with van der Waals surface area (Å²) in [5, 5.41) is 0. The van der Waals surface area contributed by atoms with E-state index in [0.29, 0.717) is 0 Å². The molecular formula is C13H19N5. The Morgan fingerprint density at radius 2 is 2.06 bits per heavy atom. The van der Waals surface area contributed by atoms with Crippen LogP contribution in [-0.4, -0.2) is 52.4 Å². The molecule has 0 unspecified atom stereocenters. The second-order valence-electron chi connectivity index (χ2n) is 4.99. The van der Waals surface area contributed by atoms with Gasteiger partial charge in [0.15, 0.2) is 5.65 Å². The van der Waals surface area contributed by atoms with Gasteiger partial charge in [-0.3, -0.25) is 4.90 Å². The van der Waals surface area contributed by atoms with Gasteiger partial charge < -0.3 is 15.0 Å². The molecule has 2 aromatic rings. The number of fused-ring (bicyclic) bond motifs is 1. The number of likely N-dealkylation sites (N-methyl/N-ethyl adjacent to an activating group) is 1. The van der Waals surface area contributed by atoms with Crippen molar-refractivity contribution in [1.29, 1.82) is 0 Å². The van der Waals surface area contributed by atoms with Crippen LogP contribution in [0, 0.1) is 0 Å². The van der Waals surface area contributed by atoms with Gasteiger partial charge in [-0.2, -0.15) is 0 Å². The fourth-order valence-corrected chi connectivity index (χ4v) is 2.44. The molecule has 2 N–H and O–H groups in total. The number of imidazole rings is 1. The summed E-state index contributed by atoms with van der Waals surface area (Å²) in [4.78, 5) is 9.23. The molecule has 0 radical (unpaired) electrons. The summed E-state index contributed by atoms with van der Waals surface area (Å²) >= 11 is 0. The number of piperazine rings is 1. The van der Waals surface area contributed by atoms with E-state index >= 15 is 0 Å². The lowest BCUT2D eigenvalue weighted by Crippen LogP contribution is -2.44. The van der Waals surface area contributed by atoms with Gasteiger partial charge in [-0.25, -0.2) is 4.98 Å². The molecule has 3 rings (SSSR count). The van der Waals surface area contributed by atoms with Crippen LogP contribution in [-0.2, 0) is 6.54 Å². The number of pyridine rings is 1.